The monoisotopic (exact) mass is 298 g/mol. The van der Waals surface area contributed by atoms with E-state index in [1.54, 1.807) is 0 Å². The lowest BCUT2D eigenvalue weighted by atomic mass is 10.1. The van der Waals surface area contributed by atoms with Crippen molar-refractivity contribution in [3.05, 3.63) is 42.6 Å². The van der Waals surface area contributed by atoms with E-state index >= 15 is 0 Å². The van der Waals surface area contributed by atoms with Gasteiger partial charge in [0, 0.05) is 34.4 Å². The van der Waals surface area contributed by atoms with E-state index in [-0.39, 0.29) is 5.82 Å². The number of rotatable bonds is 2. The number of hydrogen-bond donors (Lipinski definition) is 1. The highest BCUT2D eigenvalue weighted by Crippen LogP contribution is 2.30. The molecule has 3 heterocycles. The third kappa shape index (κ3) is 2.31. The largest absolute Gasteiger partial charge is 0.360 e. The van der Waals surface area contributed by atoms with Crippen LogP contribution in [0.4, 0.5) is 4.39 Å². The molecule has 1 fully saturated rings. The molecular weight excluding hydrogens is 279 g/mol. The lowest BCUT2D eigenvalue weighted by molar-refractivity contribution is 0.212. The summed E-state index contributed by atoms with van der Waals surface area (Å²) in [7, 11) is 2.16. The molecule has 0 aliphatic carbocycles. The third-order valence-corrected chi connectivity index (χ3v) is 4.62. The van der Waals surface area contributed by atoms with Crippen LogP contribution in [0.25, 0.3) is 22.0 Å². The summed E-state index contributed by atoms with van der Waals surface area (Å²) in [5.74, 6) is -0.220. The number of nitrogens with one attached hydrogen (secondary N) is 1. The van der Waals surface area contributed by atoms with E-state index in [4.69, 9.17) is 0 Å². The van der Waals surface area contributed by atoms with Gasteiger partial charge in [0.1, 0.15) is 5.82 Å². The van der Waals surface area contributed by atoms with Crippen LogP contribution in [0.3, 0.4) is 0 Å². The van der Waals surface area contributed by atoms with Gasteiger partial charge in [0.15, 0.2) is 0 Å². The normalized spacial score (nSPS) is 17.4. The molecule has 0 saturated carbocycles. The van der Waals surface area contributed by atoms with Crippen molar-refractivity contribution in [2.75, 3.05) is 20.1 Å². The molecule has 0 radical (unpaired) electrons. The number of hydrogen-bond acceptors (Lipinski definition) is 2. The van der Waals surface area contributed by atoms with Crippen LogP contribution in [0, 0.1) is 5.82 Å². The van der Waals surface area contributed by atoms with E-state index < -0.39 is 0 Å². The molecule has 4 rings (SSSR count). The number of aromatic nitrogens is 3. The second kappa shape index (κ2) is 5.25. The van der Waals surface area contributed by atoms with Crippen LogP contribution in [-0.4, -0.2) is 39.8 Å². The predicted molar refractivity (Wildman–Crippen MR) is 85.2 cm³/mol. The zero-order valence-electron chi connectivity index (χ0n) is 12.6. The third-order valence-electron chi connectivity index (χ3n) is 4.62. The Morgan fingerprint density at radius 1 is 1.27 bits per heavy atom. The van der Waals surface area contributed by atoms with E-state index in [0.717, 1.165) is 48.0 Å². The van der Waals surface area contributed by atoms with Crippen molar-refractivity contribution in [2.45, 2.75) is 18.9 Å². The molecule has 4 nitrogen and oxygen atoms in total. The highest BCUT2D eigenvalue weighted by molar-refractivity contribution is 5.95. The highest BCUT2D eigenvalue weighted by atomic mass is 19.1. The number of likely N-dealkylation sites (tertiary alicyclic amines) is 1. The van der Waals surface area contributed by atoms with Gasteiger partial charge in [-0.25, -0.2) is 4.39 Å². The summed E-state index contributed by atoms with van der Waals surface area (Å²) in [6.07, 6.45) is 8.22. The quantitative estimate of drug-likeness (QED) is 0.787. The van der Waals surface area contributed by atoms with Crippen molar-refractivity contribution < 1.29 is 4.39 Å². The van der Waals surface area contributed by atoms with Crippen LogP contribution < -0.4 is 0 Å². The first-order valence-electron chi connectivity index (χ1n) is 7.70. The second-order valence-corrected chi connectivity index (χ2v) is 6.14. The molecule has 1 aliphatic rings. The molecule has 22 heavy (non-hydrogen) atoms. The average molecular weight is 298 g/mol. The van der Waals surface area contributed by atoms with Gasteiger partial charge in [-0.1, -0.05) is 0 Å². The van der Waals surface area contributed by atoms with Gasteiger partial charge in [0.05, 0.1) is 12.2 Å². The molecule has 1 N–H and O–H groups in total. The van der Waals surface area contributed by atoms with E-state index in [2.05, 4.69) is 32.9 Å². The molecule has 0 amide bonds. The molecule has 114 valence electrons. The number of aromatic amines is 1. The number of nitrogens with zero attached hydrogens (tertiary/aromatic N) is 3. The summed E-state index contributed by atoms with van der Waals surface area (Å²) >= 11 is 0. The van der Waals surface area contributed by atoms with Crippen molar-refractivity contribution in [1.82, 2.24) is 19.7 Å². The Morgan fingerprint density at radius 3 is 2.91 bits per heavy atom. The van der Waals surface area contributed by atoms with Crippen LogP contribution >= 0.6 is 0 Å². The maximum absolute atomic E-state index is 13.3. The molecule has 1 aromatic carbocycles. The Morgan fingerprint density at radius 2 is 2.09 bits per heavy atom. The van der Waals surface area contributed by atoms with Gasteiger partial charge in [0.2, 0.25) is 0 Å². The van der Waals surface area contributed by atoms with Crippen LogP contribution in [0.2, 0.25) is 0 Å². The maximum atomic E-state index is 13.3. The van der Waals surface area contributed by atoms with Gasteiger partial charge in [0.25, 0.3) is 0 Å². The minimum atomic E-state index is -0.220. The second-order valence-electron chi connectivity index (χ2n) is 6.14. The summed E-state index contributed by atoms with van der Waals surface area (Å²) in [4.78, 5) is 5.49. The lowest BCUT2D eigenvalue weighted by Gasteiger charge is -2.28. The van der Waals surface area contributed by atoms with E-state index in [9.17, 15) is 4.39 Å². The molecule has 0 bridgehead atoms. The van der Waals surface area contributed by atoms with Gasteiger partial charge < -0.3 is 9.88 Å². The molecule has 5 heteroatoms. The fraction of sp³-hybridized carbons (Fsp3) is 0.353. The number of H-pyrrole nitrogens is 1. The molecule has 1 saturated heterocycles. The summed E-state index contributed by atoms with van der Waals surface area (Å²) in [5.41, 5.74) is 2.98. The molecule has 0 spiro atoms. The molecule has 3 aromatic rings. The first-order valence-corrected chi connectivity index (χ1v) is 7.70. The smallest absolute Gasteiger partial charge is 0.125 e. The maximum Gasteiger partial charge on any atom is 0.125 e. The Hall–Kier alpha value is -2.14. The summed E-state index contributed by atoms with van der Waals surface area (Å²) in [6.45, 7) is 2.23. The first kappa shape index (κ1) is 13.5. The zero-order chi connectivity index (χ0) is 15.1. The van der Waals surface area contributed by atoms with Gasteiger partial charge in [-0.05, 0) is 51.2 Å². The Labute approximate surface area is 128 Å². The molecule has 0 atom stereocenters. The van der Waals surface area contributed by atoms with E-state index in [1.807, 2.05) is 18.5 Å². The van der Waals surface area contributed by atoms with Crippen LogP contribution in [0.15, 0.2) is 36.8 Å². The predicted octanol–water partition coefficient (Wildman–Crippen LogP) is 3.44. The Bertz CT molecular complexity index is 796. The van der Waals surface area contributed by atoms with Gasteiger partial charge in [-0.3, -0.25) is 4.68 Å². The van der Waals surface area contributed by atoms with Gasteiger partial charge in [-0.2, -0.15) is 5.10 Å². The van der Waals surface area contributed by atoms with E-state index in [1.165, 1.54) is 12.1 Å². The Balaban J connectivity index is 1.65. The molecule has 2 aromatic heterocycles. The van der Waals surface area contributed by atoms with Crippen molar-refractivity contribution in [1.29, 1.82) is 0 Å². The number of benzene rings is 1. The topological polar surface area (TPSA) is 36.9 Å². The summed E-state index contributed by atoms with van der Waals surface area (Å²) in [6, 6.07) is 5.33. The van der Waals surface area contributed by atoms with Crippen molar-refractivity contribution in [3.8, 4) is 11.1 Å². The van der Waals surface area contributed by atoms with Gasteiger partial charge >= 0.3 is 0 Å². The van der Waals surface area contributed by atoms with Crippen molar-refractivity contribution >= 4 is 10.9 Å². The fourth-order valence-corrected chi connectivity index (χ4v) is 3.27. The van der Waals surface area contributed by atoms with Crippen molar-refractivity contribution in [3.63, 3.8) is 0 Å². The minimum absolute atomic E-state index is 0.220. The zero-order valence-corrected chi connectivity index (χ0v) is 12.6. The average Bonchev–Trinajstić information content (AvgIpc) is 3.13. The van der Waals surface area contributed by atoms with E-state index in [0.29, 0.717) is 6.04 Å². The highest BCUT2D eigenvalue weighted by Gasteiger charge is 2.19. The van der Waals surface area contributed by atoms with Crippen LogP contribution in [-0.2, 0) is 0 Å². The van der Waals surface area contributed by atoms with Gasteiger partial charge in [-0.15, -0.1) is 0 Å². The number of piperidine rings is 1. The van der Waals surface area contributed by atoms with Crippen LogP contribution in [0.1, 0.15) is 18.9 Å². The van der Waals surface area contributed by atoms with Crippen LogP contribution in [0.5, 0.6) is 0 Å². The lowest BCUT2D eigenvalue weighted by Crippen LogP contribution is -2.31. The SMILES string of the molecule is CN1CCC(n2cc(-c3c[nH]c4cc(F)ccc34)cn2)CC1. The molecule has 1 aliphatic heterocycles. The number of fused-ring (bicyclic) bond motifs is 1. The summed E-state index contributed by atoms with van der Waals surface area (Å²) < 4.78 is 15.4. The molecular formula is C17H19FN4. The summed E-state index contributed by atoms with van der Waals surface area (Å²) in [5, 5.41) is 5.59. The number of halogens is 1. The first-order chi connectivity index (χ1) is 10.7. The molecule has 0 unspecified atom stereocenters. The Kier molecular flexibility index (Phi) is 3.22. The standard InChI is InChI=1S/C17H19FN4/c1-21-6-4-14(5-7-21)22-11-12(9-20-22)16-10-19-17-8-13(18)2-3-15(16)17/h2-3,8-11,14,19H,4-7H2,1H3. The van der Waals surface area contributed by atoms with Crippen molar-refractivity contribution in [2.24, 2.45) is 0 Å². The minimum Gasteiger partial charge on any atom is -0.360 e. The fourth-order valence-electron chi connectivity index (χ4n) is 3.27.